The third-order valence-corrected chi connectivity index (χ3v) is 9.87. The maximum absolute atomic E-state index is 6.91. The molecule has 3 atom stereocenters. The minimum atomic E-state index is -1.15. The van der Waals surface area contributed by atoms with Gasteiger partial charge in [-0.05, 0) is 46.5 Å². The first-order valence-electron chi connectivity index (χ1n) is 15.9. The van der Waals surface area contributed by atoms with Crippen LogP contribution in [0, 0.1) is 0 Å². The molecule has 0 fully saturated rings. The molecule has 1 N–H and O–H groups in total. The molecule has 4 nitrogen and oxygen atoms in total. The molecule has 3 unspecified atom stereocenters. The summed E-state index contributed by atoms with van der Waals surface area (Å²) in [5, 5.41) is 5.23. The van der Waals surface area contributed by atoms with Crippen molar-refractivity contribution >= 4 is 40.6 Å². The zero-order valence-electron chi connectivity index (χ0n) is 25.8. The number of nitrogens with one attached hydrogen (secondary N) is 1. The van der Waals surface area contributed by atoms with Crippen LogP contribution >= 0.6 is 23.2 Å². The van der Waals surface area contributed by atoms with E-state index in [2.05, 4.69) is 90.2 Å². The van der Waals surface area contributed by atoms with Gasteiger partial charge in [0.25, 0.3) is 0 Å². The molecule has 0 aromatic heterocycles. The highest BCUT2D eigenvalue weighted by atomic mass is 35.5. The number of benzene rings is 6. The molecule has 0 radical (unpaired) electrons. The van der Waals surface area contributed by atoms with Crippen LogP contribution in [-0.2, 0) is 11.1 Å². The smallest absolute Gasteiger partial charge is 0.160 e. The molecule has 0 aliphatic carbocycles. The van der Waals surface area contributed by atoms with Crippen LogP contribution in [0.3, 0.4) is 0 Å². The Hall–Kier alpha value is -5.29. The molecule has 2 aliphatic heterocycles. The lowest BCUT2D eigenvalue weighted by atomic mass is 9.61. The average molecular weight is 662 g/mol. The molecule has 2 aliphatic rings. The number of aliphatic imine (C=N–C) groups is 3. The van der Waals surface area contributed by atoms with E-state index in [1.54, 1.807) is 0 Å². The van der Waals surface area contributed by atoms with Gasteiger partial charge in [-0.1, -0.05) is 169 Å². The number of hydrogen-bond acceptors (Lipinski definition) is 4. The second kappa shape index (κ2) is 12.4. The Bertz CT molecular complexity index is 2180. The monoisotopic (exact) mass is 660 g/mol. The van der Waals surface area contributed by atoms with Crippen LogP contribution in [0.1, 0.15) is 39.4 Å². The molecule has 0 amide bonds. The van der Waals surface area contributed by atoms with Crippen molar-refractivity contribution in [3.05, 3.63) is 213 Å². The lowest BCUT2D eigenvalue weighted by Crippen LogP contribution is -2.62. The second-order valence-electron chi connectivity index (χ2n) is 11.9. The molecule has 6 aromatic rings. The molecule has 48 heavy (non-hydrogen) atoms. The van der Waals surface area contributed by atoms with Gasteiger partial charge < -0.3 is 5.32 Å². The number of nitrogens with zero attached hydrogens (tertiary/aromatic N) is 3. The third-order valence-electron chi connectivity index (χ3n) is 9.22. The largest absolute Gasteiger partial charge is 0.355 e. The Morgan fingerprint density at radius 3 is 1.62 bits per heavy atom. The van der Waals surface area contributed by atoms with Crippen molar-refractivity contribution < 1.29 is 0 Å². The van der Waals surface area contributed by atoms with Gasteiger partial charge >= 0.3 is 0 Å². The normalized spacial score (nSPS) is 21.6. The first-order chi connectivity index (χ1) is 23.6. The SMILES string of the molecule is Clc1ccccc1C1=NC(c2ccccc2)(C2(c3ccccc3)NC(c3ccccc3Cl)=NC2c2ccccc2)C(c2ccccc2)=N1. The predicted octanol–water partition coefficient (Wildman–Crippen LogP) is 9.83. The summed E-state index contributed by atoms with van der Waals surface area (Å²) in [5.74, 6) is 1.24. The van der Waals surface area contributed by atoms with E-state index >= 15 is 0 Å². The van der Waals surface area contributed by atoms with Gasteiger partial charge in [0.2, 0.25) is 0 Å². The Morgan fingerprint density at radius 2 is 1.02 bits per heavy atom. The van der Waals surface area contributed by atoms with Crippen molar-refractivity contribution in [2.45, 2.75) is 17.1 Å². The summed E-state index contributed by atoms with van der Waals surface area (Å²) in [4.78, 5) is 16.8. The minimum Gasteiger partial charge on any atom is -0.355 e. The van der Waals surface area contributed by atoms with E-state index < -0.39 is 17.1 Å². The van der Waals surface area contributed by atoms with Gasteiger partial charge in [0, 0.05) is 11.1 Å². The molecule has 2 heterocycles. The van der Waals surface area contributed by atoms with E-state index in [4.69, 9.17) is 38.2 Å². The van der Waals surface area contributed by atoms with Crippen molar-refractivity contribution in [3.8, 4) is 0 Å². The molecule has 0 spiro atoms. The second-order valence-corrected chi connectivity index (χ2v) is 12.7. The molecule has 0 bridgehead atoms. The Kier molecular flexibility index (Phi) is 7.76. The van der Waals surface area contributed by atoms with Crippen LogP contribution in [0.2, 0.25) is 10.0 Å². The summed E-state index contributed by atoms with van der Waals surface area (Å²) >= 11 is 13.8. The van der Waals surface area contributed by atoms with E-state index in [1.165, 1.54) is 0 Å². The van der Waals surface area contributed by atoms with E-state index in [0.29, 0.717) is 21.7 Å². The standard InChI is InChI=1S/C42H30Cl2N4/c43-35-27-15-13-25-33(35)39-45-37(29-17-5-1-6-18-29)41(47-39,31-21-9-3-10-22-31)42(32-23-11-4-12-24-32)38(30-19-7-2-8-20-30)46-40(48-42)34-26-14-16-28-36(34)44/h1-28,37H,(H,45,47). The van der Waals surface area contributed by atoms with Crippen molar-refractivity contribution in [1.82, 2.24) is 5.32 Å². The fourth-order valence-corrected chi connectivity index (χ4v) is 7.58. The van der Waals surface area contributed by atoms with Gasteiger partial charge in [-0.3, -0.25) is 4.99 Å². The average Bonchev–Trinajstić information content (AvgIpc) is 3.76. The molecule has 0 saturated heterocycles. The number of amidine groups is 2. The molecular formula is C42H30Cl2N4. The Labute approximate surface area is 290 Å². The Morgan fingerprint density at radius 1 is 0.521 bits per heavy atom. The summed E-state index contributed by atoms with van der Waals surface area (Å²) in [5.41, 5.74) is 4.10. The summed E-state index contributed by atoms with van der Waals surface area (Å²) < 4.78 is 0. The fraction of sp³-hybridized carbons (Fsp3) is 0.0714. The van der Waals surface area contributed by atoms with Crippen molar-refractivity contribution in [2.75, 3.05) is 0 Å². The van der Waals surface area contributed by atoms with Gasteiger partial charge in [0.15, 0.2) is 11.4 Å². The highest BCUT2D eigenvalue weighted by Crippen LogP contribution is 2.58. The van der Waals surface area contributed by atoms with Gasteiger partial charge in [0.05, 0.1) is 15.8 Å². The number of halogens is 2. The van der Waals surface area contributed by atoms with Gasteiger partial charge in [-0.25, -0.2) is 9.98 Å². The van der Waals surface area contributed by atoms with Crippen LogP contribution in [0.25, 0.3) is 0 Å². The first-order valence-corrected chi connectivity index (χ1v) is 16.6. The maximum Gasteiger partial charge on any atom is 0.160 e. The van der Waals surface area contributed by atoms with Crippen LogP contribution in [0.4, 0.5) is 0 Å². The molecule has 6 aromatic carbocycles. The number of rotatable bonds is 7. The zero-order valence-corrected chi connectivity index (χ0v) is 27.4. The number of hydrogen-bond donors (Lipinski definition) is 1. The first kappa shape index (κ1) is 30.1. The quantitative estimate of drug-likeness (QED) is 0.182. The molecule has 6 heteroatoms. The van der Waals surface area contributed by atoms with E-state index in [1.807, 2.05) is 84.9 Å². The maximum atomic E-state index is 6.91. The van der Waals surface area contributed by atoms with Crippen molar-refractivity contribution in [1.29, 1.82) is 0 Å². The van der Waals surface area contributed by atoms with Gasteiger partial charge in [-0.2, -0.15) is 0 Å². The summed E-state index contributed by atoms with van der Waals surface area (Å²) in [7, 11) is 0. The molecule has 8 rings (SSSR count). The summed E-state index contributed by atoms with van der Waals surface area (Å²) in [6, 6.07) is 56.7. The van der Waals surface area contributed by atoms with Gasteiger partial charge in [-0.15, -0.1) is 0 Å². The third kappa shape index (κ3) is 4.79. The van der Waals surface area contributed by atoms with Gasteiger partial charge in [0.1, 0.15) is 17.4 Å². The summed E-state index contributed by atoms with van der Waals surface area (Å²) in [6.07, 6.45) is 0. The summed E-state index contributed by atoms with van der Waals surface area (Å²) in [6.45, 7) is 0. The van der Waals surface area contributed by atoms with E-state index in [9.17, 15) is 0 Å². The molecule has 0 saturated carbocycles. The van der Waals surface area contributed by atoms with Crippen LogP contribution in [-0.4, -0.2) is 17.4 Å². The lowest BCUT2D eigenvalue weighted by molar-refractivity contribution is 0.239. The molecule has 232 valence electrons. The minimum absolute atomic E-state index is 0.462. The van der Waals surface area contributed by atoms with E-state index in [-0.39, 0.29) is 0 Å². The van der Waals surface area contributed by atoms with Crippen molar-refractivity contribution in [2.24, 2.45) is 15.0 Å². The Balaban J connectivity index is 1.54. The van der Waals surface area contributed by atoms with Crippen LogP contribution < -0.4 is 5.32 Å². The zero-order chi connectivity index (χ0) is 32.6. The van der Waals surface area contributed by atoms with Crippen molar-refractivity contribution in [3.63, 3.8) is 0 Å². The highest BCUT2D eigenvalue weighted by molar-refractivity contribution is 6.36. The highest BCUT2D eigenvalue weighted by Gasteiger charge is 2.66. The van der Waals surface area contributed by atoms with Crippen LogP contribution in [0.5, 0.6) is 0 Å². The van der Waals surface area contributed by atoms with E-state index in [0.717, 1.165) is 39.1 Å². The lowest BCUT2D eigenvalue weighted by Gasteiger charge is -2.49. The molecular weight excluding hydrogens is 631 g/mol. The fourth-order valence-electron chi connectivity index (χ4n) is 7.13. The predicted molar refractivity (Wildman–Crippen MR) is 198 cm³/mol. The topological polar surface area (TPSA) is 49.1 Å². The van der Waals surface area contributed by atoms with Crippen LogP contribution in [0.15, 0.2) is 185 Å².